The van der Waals surface area contributed by atoms with Gasteiger partial charge in [-0.2, -0.15) is 0 Å². The third-order valence-electron chi connectivity index (χ3n) is 3.41. The highest BCUT2D eigenvalue weighted by Crippen LogP contribution is 2.24. The molecule has 0 unspecified atom stereocenters. The summed E-state index contributed by atoms with van der Waals surface area (Å²) in [5, 5.41) is 11.9. The van der Waals surface area contributed by atoms with Crippen molar-refractivity contribution in [1.29, 1.82) is 0 Å². The lowest BCUT2D eigenvalue weighted by Crippen LogP contribution is -1.92. The van der Waals surface area contributed by atoms with Gasteiger partial charge in [0, 0.05) is 11.5 Å². The quantitative estimate of drug-likeness (QED) is 0.522. The van der Waals surface area contributed by atoms with Gasteiger partial charge in [-0.15, -0.1) is 0 Å². The molecule has 4 heteroatoms. The lowest BCUT2D eigenvalue weighted by Gasteiger charge is -2.00. The van der Waals surface area contributed by atoms with E-state index in [-0.39, 0.29) is 5.69 Å². The van der Waals surface area contributed by atoms with Crippen molar-refractivity contribution >= 4 is 28.7 Å². The van der Waals surface area contributed by atoms with Crippen LogP contribution in [0.5, 0.6) is 0 Å². The number of non-ortho nitro benzene ring substituents is 1. The molecule has 0 spiro atoms. The van der Waals surface area contributed by atoms with Gasteiger partial charge in [0.15, 0.2) is 0 Å². The van der Waals surface area contributed by atoms with Crippen LogP contribution in [0.4, 0.5) is 5.69 Å². The summed E-state index contributed by atoms with van der Waals surface area (Å²) in [6.45, 7) is 2.04. The van der Waals surface area contributed by atoms with Crippen molar-refractivity contribution in [2.24, 2.45) is 0 Å². The van der Waals surface area contributed by atoms with Crippen molar-refractivity contribution in [2.75, 3.05) is 0 Å². The van der Waals surface area contributed by atoms with Crippen LogP contribution in [0.25, 0.3) is 23.1 Å². The van der Waals surface area contributed by atoms with Gasteiger partial charge in [-0.05, 0) is 24.6 Å². The number of fused-ring (bicyclic) bond motifs is 1. The van der Waals surface area contributed by atoms with E-state index in [1.54, 1.807) is 6.07 Å². The Labute approximate surface area is 127 Å². The first-order valence-electron chi connectivity index (χ1n) is 6.92. The van der Waals surface area contributed by atoms with E-state index in [9.17, 15) is 10.1 Å². The van der Waals surface area contributed by atoms with Crippen molar-refractivity contribution in [3.8, 4) is 0 Å². The molecule has 0 N–H and O–H groups in total. The molecule has 0 amide bonds. The molecule has 1 heterocycles. The summed E-state index contributed by atoms with van der Waals surface area (Å²) in [6.07, 6.45) is 3.82. The monoisotopic (exact) mass is 290 g/mol. The number of hydrogen-bond acceptors (Lipinski definition) is 3. The summed E-state index contributed by atoms with van der Waals surface area (Å²) in [4.78, 5) is 15.1. The zero-order valence-corrected chi connectivity index (χ0v) is 12.1. The largest absolute Gasteiger partial charge is 0.295 e. The van der Waals surface area contributed by atoms with Gasteiger partial charge in [0.1, 0.15) is 5.52 Å². The Morgan fingerprint density at radius 3 is 2.64 bits per heavy atom. The zero-order chi connectivity index (χ0) is 15.5. The highest BCUT2D eigenvalue weighted by molar-refractivity contribution is 5.88. The lowest BCUT2D eigenvalue weighted by molar-refractivity contribution is -0.383. The maximum absolute atomic E-state index is 11.1. The first kappa shape index (κ1) is 13.9. The number of aromatic nitrogens is 1. The molecule has 4 nitrogen and oxygen atoms in total. The van der Waals surface area contributed by atoms with Crippen LogP contribution < -0.4 is 0 Å². The average molecular weight is 290 g/mol. The molecular weight excluding hydrogens is 276 g/mol. The lowest BCUT2D eigenvalue weighted by atomic mass is 10.1. The molecule has 0 fully saturated rings. The fourth-order valence-corrected chi connectivity index (χ4v) is 2.34. The van der Waals surface area contributed by atoms with E-state index in [2.05, 4.69) is 11.1 Å². The zero-order valence-electron chi connectivity index (χ0n) is 12.1. The third kappa shape index (κ3) is 2.86. The Bertz CT molecular complexity index is 885. The molecule has 108 valence electrons. The van der Waals surface area contributed by atoms with Crippen LogP contribution in [-0.4, -0.2) is 9.91 Å². The summed E-state index contributed by atoms with van der Waals surface area (Å²) >= 11 is 0. The Morgan fingerprint density at radius 2 is 1.86 bits per heavy atom. The van der Waals surface area contributed by atoms with Crippen molar-refractivity contribution in [2.45, 2.75) is 6.92 Å². The number of nitrogens with zero attached hydrogens (tertiary/aromatic N) is 2. The van der Waals surface area contributed by atoms with Gasteiger partial charge in [-0.3, -0.25) is 10.1 Å². The van der Waals surface area contributed by atoms with Crippen molar-refractivity contribution < 1.29 is 4.92 Å². The summed E-state index contributed by atoms with van der Waals surface area (Å²) < 4.78 is 0. The van der Waals surface area contributed by atoms with Crippen LogP contribution in [0, 0.1) is 17.0 Å². The van der Waals surface area contributed by atoms with Gasteiger partial charge >= 0.3 is 0 Å². The van der Waals surface area contributed by atoms with Crippen LogP contribution in [0.15, 0.2) is 54.6 Å². The Hall–Kier alpha value is -3.01. The van der Waals surface area contributed by atoms with Gasteiger partial charge < -0.3 is 0 Å². The number of aryl methyl sites for hydroxylation is 1. The number of nitro groups is 1. The number of nitro benzene ring substituents is 1. The smallest absolute Gasteiger partial charge is 0.258 e. The molecule has 0 aliphatic heterocycles. The molecule has 0 aliphatic rings. The van der Waals surface area contributed by atoms with Crippen LogP contribution in [-0.2, 0) is 0 Å². The number of benzene rings is 2. The summed E-state index contributed by atoms with van der Waals surface area (Å²) in [6, 6.07) is 16.8. The second-order valence-electron chi connectivity index (χ2n) is 5.09. The molecule has 22 heavy (non-hydrogen) atoms. The minimum atomic E-state index is -0.399. The maximum atomic E-state index is 11.1. The summed E-state index contributed by atoms with van der Waals surface area (Å²) in [7, 11) is 0. The van der Waals surface area contributed by atoms with Crippen molar-refractivity contribution in [1.82, 2.24) is 4.98 Å². The standard InChI is InChI=1S/C18H14N2O2/c1-13-4-2-5-14(12-13)8-10-16-11-9-15-6-3-7-17(20(21)22)18(15)19-16/h2-12H,1H3/b10-8+. The summed E-state index contributed by atoms with van der Waals surface area (Å²) in [5.41, 5.74) is 3.40. The van der Waals surface area contributed by atoms with Crippen molar-refractivity contribution in [3.05, 3.63) is 81.5 Å². The van der Waals surface area contributed by atoms with Gasteiger partial charge in [0.25, 0.3) is 5.69 Å². The van der Waals surface area contributed by atoms with Gasteiger partial charge in [-0.25, -0.2) is 4.98 Å². The van der Waals surface area contributed by atoms with E-state index in [1.165, 1.54) is 11.6 Å². The van der Waals surface area contributed by atoms with Gasteiger partial charge in [0.05, 0.1) is 10.6 Å². The number of rotatable bonds is 3. The second-order valence-corrected chi connectivity index (χ2v) is 5.09. The van der Waals surface area contributed by atoms with E-state index in [4.69, 9.17) is 0 Å². The Kier molecular flexibility index (Phi) is 3.66. The van der Waals surface area contributed by atoms with Gasteiger partial charge in [0.2, 0.25) is 0 Å². The summed E-state index contributed by atoms with van der Waals surface area (Å²) in [5.74, 6) is 0. The Balaban J connectivity index is 2.01. The maximum Gasteiger partial charge on any atom is 0.295 e. The fraction of sp³-hybridized carbons (Fsp3) is 0.0556. The average Bonchev–Trinajstić information content (AvgIpc) is 2.52. The molecule has 0 atom stereocenters. The second kappa shape index (κ2) is 5.77. The number of hydrogen-bond donors (Lipinski definition) is 0. The predicted molar refractivity (Wildman–Crippen MR) is 88.5 cm³/mol. The normalized spacial score (nSPS) is 11.1. The van der Waals surface area contributed by atoms with E-state index >= 15 is 0 Å². The first-order valence-corrected chi connectivity index (χ1v) is 6.92. The van der Waals surface area contributed by atoms with Crippen LogP contribution >= 0.6 is 0 Å². The molecule has 3 rings (SSSR count). The van der Waals surface area contributed by atoms with Gasteiger partial charge in [-0.1, -0.05) is 54.1 Å². The number of pyridine rings is 1. The molecule has 0 aliphatic carbocycles. The first-order chi connectivity index (χ1) is 10.6. The van der Waals surface area contributed by atoms with Crippen LogP contribution in [0.3, 0.4) is 0 Å². The van der Waals surface area contributed by atoms with E-state index in [1.807, 2.05) is 55.5 Å². The molecule has 0 bridgehead atoms. The van der Waals surface area contributed by atoms with Crippen LogP contribution in [0.1, 0.15) is 16.8 Å². The minimum Gasteiger partial charge on any atom is -0.258 e. The molecule has 0 saturated heterocycles. The minimum absolute atomic E-state index is 0.0308. The van der Waals surface area contributed by atoms with E-state index < -0.39 is 4.92 Å². The molecule has 1 aromatic heterocycles. The fourth-order valence-electron chi connectivity index (χ4n) is 2.34. The molecular formula is C18H14N2O2. The highest BCUT2D eigenvalue weighted by Gasteiger charge is 2.12. The predicted octanol–water partition coefficient (Wildman–Crippen LogP) is 4.62. The van der Waals surface area contributed by atoms with E-state index in [0.717, 1.165) is 10.9 Å². The Morgan fingerprint density at radius 1 is 1.05 bits per heavy atom. The van der Waals surface area contributed by atoms with Crippen molar-refractivity contribution in [3.63, 3.8) is 0 Å². The molecule has 0 saturated carbocycles. The third-order valence-corrected chi connectivity index (χ3v) is 3.41. The number of para-hydroxylation sites is 1. The van der Waals surface area contributed by atoms with Crippen LogP contribution in [0.2, 0.25) is 0 Å². The molecule has 3 aromatic rings. The highest BCUT2D eigenvalue weighted by atomic mass is 16.6. The topological polar surface area (TPSA) is 56.0 Å². The molecule has 2 aromatic carbocycles. The van der Waals surface area contributed by atoms with E-state index in [0.29, 0.717) is 11.2 Å². The SMILES string of the molecule is Cc1cccc(/C=C/c2ccc3cccc([N+](=O)[O-])c3n2)c1. The molecule has 0 radical (unpaired) electrons.